The Morgan fingerprint density at radius 1 is 1.27 bits per heavy atom. The first-order chi connectivity index (χ1) is 10.6. The smallest absolute Gasteiger partial charge is 0.226 e. The van der Waals surface area contributed by atoms with Crippen LogP contribution in [0.5, 0.6) is 0 Å². The highest BCUT2D eigenvalue weighted by atomic mass is 16.5. The first-order valence-corrected chi connectivity index (χ1v) is 8.53. The maximum Gasteiger partial charge on any atom is 0.226 e. The first-order valence-electron chi connectivity index (χ1n) is 8.53. The zero-order valence-corrected chi connectivity index (χ0v) is 13.5. The van der Waals surface area contributed by atoms with Gasteiger partial charge in [0.25, 0.3) is 0 Å². The van der Waals surface area contributed by atoms with Gasteiger partial charge in [0.05, 0.1) is 32.5 Å². The van der Waals surface area contributed by atoms with Crippen molar-refractivity contribution in [2.24, 2.45) is 5.92 Å². The third kappa shape index (κ3) is 3.45. The molecule has 3 aliphatic rings. The quantitative estimate of drug-likeness (QED) is 0.801. The maximum absolute atomic E-state index is 12.6. The molecule has 6 heteroatoms. The minimum atomic E-state index is -0.387. The summed E-state index contributed by atoms with van der Waals surface area (Å²) in [5.41, 5.74) is -0.387. The van der Waals surface area contributed by atoms with Crippen LogP contribution in [-0.2, 0) is 14.3 Å². The van der Waals surface area contributed by atoms with E-state index in [9.17, 15) is 9.90 Å². The molecule has 22 heavy (non-hydrogen) atoms. The third-order valence-corrected chi connectivity index (χ3v) is 4.99. The highest BCUT2D eigenvalue weighted by Crippen LogP contribution is 2.31. The average molecular weight is 312 g/mol. The van der Waals surface area contributed by atoms with Crippen LogP contribution in [0.1, 0.15) is 26.2 Å². The van der Waals surface area contributed by atoms with Gasteiger partial charge in [0, 0.05) is 25.6 Å². The zero-order valence-electron chi connectivity index (χ0n) is 13.5. The van der Waals surface area contributed by atoms with Crippen LogP contribution in [0.2, 0.25) is 0 Å². The van der Waals surface area contributed by atoms with Gasteiger partial charge >= 0.3 is 0 Å². The number of hydrogen-bond acceptors (Lipinski definition) is 5. The lowest BCUT2D eigenvalue weighted by atomic mass is 9.81. The van der Waals surface area contributed by atoms with Gasteiger partial charge in [0.1, 0.15) is 5.60 Å². The molecule has 1 unspecified atom stereocenters. The SMILES string of the molecule is CCCN1CCOC2(COCCN(C(=O)C3CC(O)C3)C2)C1. The van der Waals surface area contributed by atoms with Gasteiger partial charge in [-0.25, -0.2) is 0 Å². The van der Waals surface area contributed by atoms with Gasteiger partial charge in [-0.15, -0.1) is 0 Å². The fourth-order valence-corrected chi connectivity index (χ4v) is 3.75. The summed E-state index contributed by atoms with van der Waals surface area (Å²) in [6.07, 6.45) is 2.04. The molecule has 126 valence electrons. The van der Waals surface area contributed by atoms with Crippen LogP contribution >= 0.6 is 0 Å². The number of ether oxygens (including phenoxy) is 2. The molecule has 0 aromatic rings. The molecule has 3 fully saturated rings. The molecule has 3 rings (SSSR count). The van der Waals surface area contributed by atoms with E-state index in [0.29, 0.717) is 45.8 Å². The summed E-state index contributed by atoms with van der Waals surface area (Å²) in [6.45, 7) is 8.11. The molecule has 2 saturated heterocycles. The molecule has 0 radical (unpaired) electrons. The number of morpholine rings is 1. The Bertz CT molecular complexity index is 398. The molecule has 6 nitrogen and oxygen atoms in total. The van der Waals surface area contributed by atoms with Crippen molar-refractivity contribution in [3.05, 3.63) is 0 Å². The molecule has 0 aromatic carbocycles. The van der Waals surface area contributed by atoms with Crippen LogP contribution in [0.4, 0.5) is 0 Å². The molecule has 1 atom stereocenters. The standard InChI is InChI=1S/C16H28N2O4/c1-2-3-17-4-7-22-16(10-17)11-18(5-6-21-12-16)15(20)13-8-14(19)9-13/h13-14,19H,2-12H2,1H3. The van der Waals surface area contributed by atoms with E-state index >= 15 is 0 Å². The lowest BCUT2D eigenvalue weighted by Gasteiger charge is -2.44. The molecule has 2 heterocycles. The second-order valence-corrected chi connectivity index (χ2v) is 6.94. The first kappa shape index (κ1) is 16.2. The molecular formula is C16H28N2O4. The molecule has 2 aliphatic heterocycles. The van der Waals surface area contributed by atoms with E-state index in [4.69, 9.17) is 9.47 Å². The maximum atomic E-state index is 12.6. The van der Waals surface area contributed by atoms with Crippen molar-refractivity contribution in [1.82, 2.24) is 9.80 Å². The van der Waals surface area contributed by atoms with E-state index in [1.54, 1.807) is 0 Å². The largest absolute Gasteiger partial charge is 0.393 e. The Kier molecular flexibility index (Phi) is 5.02. The number of carbonyl (C=O) groups excluding carboxylic acids is 1. The number of nitrogens with zero attached hydrogens (tertiary/aromatic N) is 2. The molecular weight excluding hydrogens is 284 g/mol. The van der Waals surface area contributed by atoms with E-state index in [1.165, 1.54) is 0 Å². The van der Waals surface area contributed by atoms with Gasteiger partial charge in [-0.3, -0.25) is 9.69 Å². The third-order valence-electron chi connectivity index (χ3n) is 4.99. The minimum Gasteiger partial charge on any atom is -0.393 e. The van der Waals surface area contributed by atoms with Crippen LogP contribution in [0.3, 0.4) is 0 Å². The Labute approximate surface area is 132 Å². The molecule has 0 bridgehead atoms. The Morgan fingerprint density at radius 3 is 2.82 bits per heavy atom. The van der Waals surface area contributed by atoms with Crippen molar-refractivity contribution in [2.75, 3.05) is 52.5 Å². The van der Waals surface area contributed by atoms with Gasteiger partial charge < -0.3 is 19.5 Å². The number of amides is 1. The van der Waals surface area contributed by atoms with Crippen LogP contribution < -0.4 is 0 Å². The number of rotatable bonds is 3. The number of hydrogen-bond donors (Lipinski definition) is 1. The topological polar surface area (TPSA) is 62.2 Å². The predicted molar refractivity (Wildman–Crippen MR) is 81.5 cm³/mol. The average Bonchev–Trinajstić information content (AvgIpc) is 2.67. The summed E-state index contributed by atoms with van der Waals surface area (Å²) in [7, 11) is 0. The minimum absolute atomic E-state index is 0.0134. The Hall–Kier alpha value is -0.690. The zero-order chi connectivity index (χ0) is 15.6. The van der Waals surface area contributed by atoms with Crippen molar-refractivity contribution < 1.29 is 19.4 Å². The van der Waals surface area contributed by atoms with Crippen LogP contribution in [0.15, 0.2) is 0 Å². The summed E-state index contributed by atoms with van der Waals surface area (Å²) in [5, 5.41) is 9.43. The van der Waals surface area contributed by atoms with Crippen molar-refractivity contribution >= 4 is 5.91 Å². The lowest BCUT2D eigenvalue weighted by Crippen LogP contribution is -2.60. The summed E-state index contributed by atoms with van der Waals surface area (Å²) in [5.74, 6) is 0.145. The van der Waals surface area contributed by atoms with Crippen LogP contribution in [0, 0.1) is 5.92 Å². The fraction of sp³-hybridized carbons (Fsp3) is 0.938. The summed E-state index contributed by atoms with van der Waals surface area (Å²) < 4.78 is 11.8. The van der Waals surface area contributed by atoms with Crippen molar-refractivity contribution in [2.45, 2.75) is 37.9 Å². The Morgan fingerprint density at radius 2 is 2.09 bits per heavy atom. The van der Waals surface area contributed by atoms with E-state index in [-0.39, 0.29) is 23.5 Å². The van der Waals surface area contributed by atoms with E-state index < -0.39 is 0 Å². The second kappa shape index (κ2) is 6.83. The summed E-state index contributed by atoms with van der Waals surface area (Å²) in [6, 6.07) is 0. The van der Waals surface area contributed by atoms with Gasteiger partial charge in [-0.05, 0) is 25.8 Å². The van der Waals surface area contributed by atoms with Crippen LogP contribution in [-0.4, -0.2) is 85.1 Å². The van der Waals surface area contributed by atoms with Crippen LogP contribution in [0.25, 0.3) is 0 Å². The Balaban J connectivity index is 1.65. The predicted octanol–water partition coefficient (Wildman–Crippen LogP) is 0.0971. The van der Waals surface area contributed by atoms with E-state index in [1.807, 2.05) is 4.90 Å². The molecule has 1 saturated carbocycles. The van der Waals surface area contributed by atoms with Crippen molar-refractivity contribution in [1.29, 1.82) is 0 Å². The number of aliphatic hydroxyl groups excluding tert-OH is 1. The molecule has 1 N–H and O–H groups in total. The molecule has 1 aliphatic carbocycles. The molecule has 1 spiro atoms. The van der Waals surface area contributed by atoms with Gasteiger partial charge in [0.2, 0.25) is 5.91 Å². The highest BCUT2D eigenvalue weighted by molar-refractivity contribution is 5.80. The van der Waals surface area contributed by atoms with E-state index in [0.717, 1.165) is 26.1 Å². The van der Waals surface area contributed by atoms with Gasteiger partial charge in [-0.2, -0.15) is 0 Å². The van der Waals surface area contributed by atoms with E-state index in [2.05, 4.69) is 11.8 Å². The van der Waals surface area contributed by atoms with Crippen molar-refractivity contribution in [3.8, 4) is 0 Å². The fourth-order valence-electron chi connectivity index (χ4n) is 3.75. The lowest BCUT2D eigenvalue weighted by molar-refractivity contribution is -0.157. The number of carbonyl (C=O) groups is 1. The monoisotopic (exact) mass is 312 g/mol. The van der Waals surface area contributed by atoms with Crippen molar-refractivity contribution in [3.63, 3.8) is 0 Å². The summed E-state index contributed by atoms with van der Waals surface area (Å²) in [4.78, 5) is 16.9. The second-order valence-electron chi connectivity index (χ2n) is 6.94. The number of aliphatic hydroxyl groups is 1. The van der Waals surface area contributed by atoms with Gasteiger partial charge in [0.15, 0.2) is 0 Å². The highest BCUT2D eigenvalue weighted by Gasteiger charge is 2.43. The normalized spacial score (nSPS) is 36.9. The molecule has 1 amide bonds. The van der Waals surface area contributed by atoms with Gasteiger partial charge in [-0.1, -0.05) is 6.92 Å². The summed E-state index contributed by atoms with van der Waals surface area (Å²) >= 11 is 0. The molecule has 0 aromatic heterocycles.